The van der Waals surface area contributed by atoms with Gasteiger partial charge in [0.05, 0.1) is 25.4 Å². The second-order valence-electron chi connectivity index (χ2n) is 6.35. The van der Waals surface area contributed by atoms with Crippen LogP contribution in [-0.2, 0) is 23.8 Å². The Balaban J connectivity index is 3.34. The number of esters is 2. The number of nitro groups is 1. The number of hydrogen-bond acceptors (Lipinski definition) is 8. The van der Waals surface area contributed by atoms with Crippen LogP contribution in [0.2, 0.25) is 0 Å². The first-order valence-electron chi connectivity index (χ1n) is 9.09. The first kappa shape index (κ1) is 22.3. The number of hydrogen-bond donors (Lipinski definition) is 1. The van der Waals surface area contributed by atoms with Gasteiger partial charge in [-0.1, -0.05) is 13.8 Å². The van der Waals surface area contributed by atoms with E-state index in [9.17, 15) is 24.8 Å². The molecule has 0 spiro atoms. The number of rotatable bonds is 9. The summed E-state index contributed by atoms with van der Waals surface area (Å²) in [6.07, 6.45) is -2.19. The van der Waals surface area contributed by atoms with E-state index < -0.39 is 46.9 Å². The lowest BCUT2D eigenvalue weighted by molar-refractivity contribution is -0.533. The van der Waals surface area contributed by atoms with Gasteiger partial charge in [0, 0.05) is 17.8 Å². The SMILES string of the molecule is CCOC(=O)C1(C(=O)OCC)C[C@@H]([N+](=O)[O-])C[C@H](OC(CC)CC)[C@H]1O. The van der Waals surface area contributed by atoms with Crippen molar-refractivity contribution in [2.75, 3.05) is 13.2 Å². The van der Waals surface area contributed by atoms with Gasteiger partial charge < -0.3 is 19.3 Å². The lowest BCUT2D eigenvalue weighted by Crippen LogP contribution is -2.62. The first-order valence-corrected chi connectivity index (χ1v) is 9.09. The molecule has 0 heterocycles. The highest BCUT2D eigenvalue weighted by Gasteiger charge is 2.64. The topological polar surface area (TPSA) is 125 Å². The van der Waals surface area contributed by atoms with Gasteiger partial charge in [0.15, 0.2) is 5.41 Å². The second kappa shape index (κ2) is 9.82. The fourth-order valence-corrected chi connectivity index (χ4v) is 3.32. The van der Waals surface area contributed by atoms with E-state index in [4.69, 9.17) is 14.2 Å². The Kier molecular flexibility index (Phi) is 8.42. The molecule has 0 amide bonds. The van der Waals surface area contributed by atoms with E-state index in [1.54, 1.807) is 13.8 Å². The molecule has 9 heteroatoms. The summed E-state index contributed by atoms with van der Waals surface area (Å²) in [5.74, 6) is -2.04. The molecule has 0 radical (unpaired) electrons. The van der Waals surface area contributed by atoms with E-state index in [1.807, 2.05) is 13.8 Å². The van der Waals surface area contributed by atoms with Crippen LogP contribution in [0.15, 0.2) is 0 Å². The van der Waals surface area contributed by atoms with Crippen LogP contribution in [0.3, 0.4) is 0 Å². The molecular weight excluding hydrogens is 346 g/mol. The average molecular weight is 375 g/mol. The number of aliphatic hydroxyl groups excluding tert-OH is 1. The highest BCUT2D eigenvalue weighted by Crippen LogP contribution is 2.42. The Morgan fingerprint density at radius 3 is 2.04 bits per heavy atom. The molecule has 0 aromatic carbocycles. The molecule has 26 heavy (non-hydrogen) atoms. The van der Waals surface area contributed by atoms with Crippen molar-refractivity contribution in [3.8, 4) is 0 Å². The molecule has 150 valence electrons. The van der Waals surface area contributed by atoms with Gasteiger partial charge >= 0.3 is 11.9 Å². The number of carbonyl (C=O) groups excluding carboxylic acids is 2. The van der Waals surface area contributed by atoms with Crippen LogP contribution in [0.1, 0.15) is 53.4 Å². The smallest absolute Gasteiger partial charge is 0.326 e. The zero-order chi connectivity index (χ0) is 19.9. The summed E-state index contributed by atoms with van der Waals surface area (Å²) in [6, 6.07) is -1.23. The van der Waals surface area contributed by atoms with Crippen molar-refractivity contribution < 1.29 is 33.8 Å². The van der Waals surface area contributed by atoms with Crippen LogP contribution in [0.25, 0.3) is 0 Å². The van der Waals surface area contributed by atoms with Crippen LogP contribution in [0, 0.1) is 15.5 Å². The predicted molar refractivity (Wildman–Crippen MR) is 91.0 cm³/mol. The minimum atomic E-state index is -2.17. The minimum Gasteiger partial charge on any atom is -0.465 e. The van der Waals surface area contributed by atoms with Crippen molar-refractivity contribution in [2.45, 2.75) is 77.7 Å². The molecule has 1 aliphatic rings. The summed E-state index contributed by atoms with van der Waals surface area (Å²) >= 11 is 0. The maximum absolute atomic E-state index is 12.6. The third-order valence-corrected chi connectivity index (χ3v) is 4.77. The molecule has 1 N–H and O–H groups in total. The van der Waals surface area contributed by atoms with Crippen LogP contribution in [-0.4, -0.2) is 59.5 Å². The van der Waals surface area contributed by atoms with Gasteiger partial charge in [-0.2, -0.15) is 0 Å². The first-order chi connectivity index (χ1) is 12.3. The number of carbonyl (C=O) groups is 2. The summed E-state index contributed by atoms with van der Waals surface area (Å²) in [6.45, 7) is 6.81. The second-order valence-corrected chi connectivity index (χ2v) is 6.35. The highest BCUT2D eigenvalue weighted by molar-refractivity contribution is 6.01. The van der Waals surface area contributed by atoms with Crippen molar-refractivity contribution in [2.24, 2.45) is 5.41 Å². The molecule has 0 aromatic rings. The Morgan fingerprint density at radius 1 is 1.15 bits per heavy atom. The van der Waals surface area contributed by atoms with E-state index in [-0.39, 0.29) is 25.7 Å². The molecule has 1 saturated carbocycles. The van der Waals surface area contributed by atoms with Crippen molar-refractivity contribution in [3.05, 3.63) is 10.1 Å². The molecule has 0 saturated heterocycles. The monoisotopic (exact) mass is 375 g/mol. The molecule has 0 unspecified atom stereocenters. The van der Waals surface area contributed by atoms with Gasteiger partial charge in [-0.3, -0.25) is 19.7 Å². The third-order valence-electron chi connectivity index (χ3n) is 4.77. The van der Waals surface area contributed by atoms with E-state index in [0.717, 1.165) is 0 Å². The van der Waals surface area contributed by atoms with Crippen LogP contribution in [0.4, 0.5) is 0 Å². The zero-order valence-corrected chi connectivity index (χ0v) is 15.8. The summed E-state index contributed by atoms with van der Waals surface area (Å²) in [4.78, 5) is 36.1. The lowest BCUT2D eigenvalue weighted by atomic mass is 9.68. The molecule has 3 atom stereocenters. The molecule has 0 aliphatic heterocycles. The normalized spacial score (nSPS) is 24.9. The number of nitrogens with zero attached hydrogens (tertiary/aromatic N) is 1. The highest BCUT2D eigenvalue weighted by atomic mass is 16.6. The maximum Gasteiger partial charge on any atom is 0.326 e. The minimum absolute atomic E-state index is 0.0338. The van der Waals surface area contributed by atoms with E-state index in [0.29, 0.717) is 12.8 Å². The third kappa shape index (κ3) is 4.50. The summed E-state index contributed by atoms with van der Waals surface area (Å²) in [5, 5.41) is 22.3. The Morgan fingerprint density at radius 2 is 1.65 bits per heavy atom. The lowest BCUT2D eigenvalue weighted by Gasteiger charge is -2.42. The predicted octanol–water partition coefficient (Wildman–Crippen LogP) is 1.47. The van der Waals surface area contributed by atoms with Gasteiger partial charge in [0.1, 0.15) is 6.10 Å². The van der Waals surface area contributed by atoms with Crippen molar-refractivity contribution >= 4 is 11.9 Å². The number of ether oxygens (including phenoxy) is 3. The Bertz CT molecular complexity index is 487. The fourth-order valence-electron chi connectivity index (χ4n) is 3.32. The maximum atomic E-state index is 12.6. The largest absolute Gasteiger partial charge is 0.465 e. The van der Waals surface area contributed by atoms with E-state index >= 15 is 0 Å². The molecule has 0 aromatic heterocycles. The van der Waals surface area contributed by atoms with Gasteiger partial charge in [0.2, 0.25) is 6.04 Å². The quantitative estimate of drug-likeness (QED) is 0.278. The standard InChI is InChI=1S/C17H29NO8/c1-5-12(6-2)26-13-9-11(18(22)23)10-17(14(13)19,15(20)24-7-3)16(21)25-8-4/h11-14,19H,5-10H2,1-4H3/t11-,13-,14+/m0/s1. The van der Waals surface area contributed by atoms with Gasteiger partial charge in [-0.15, -0.1) is 0 Å². The molecule has 1 rings (SSSR count). The molecule has 9 nitrogen and oxygen atoms in total. The van der Waals surface area contributed by atoms with Crippen molar-refractivity contribution in [1.82, 2.24) is 0 Å². The zero-order valence-electron chi connectivity index (χ0n) is 15.8. The summed E-state index contributed by atoms with van der Waals surface area (Å²) < 4.78 is 15.8. The van der Waals surface area contributed by atoms with Crippen molar-refractivity contribution in [1.29, 1.82) is 0 Å². The van der Waals surface area contributed by atoms with Crippen LogP contribution in [0.5, 0.6) is 0 Å². The molecule has 1 fully saturated rings. The van der Waals surface area contributed by atoms with Gasteiger partial charge in [-0.25, -0.2) is 0 Å². The Hall–Kier alpha value is -1.74. The number of aliphatic hydroxyl groups is 1. The Labute approximate surface area is 153 Å². The van der Waals surface area contributed by atoms with Crippen LogP contribution < -0.4 is 0 Å². The molecule has 1 aliphatic carbocycles. The van der Waals surface area contributed by atoms with Gasteiger partial charge in [-0.05, 0) is 26.7 Å². The summed E-state index contributed by atoms with van der Waals surface area (Å²) in [7, 11) is 0. The average Bonchev–Trinajstić information content (AvgIpc) is 2.61. The molecular formula is C17H29NO8. The fraction of sp³-hybridized carbons (Fsp3) is 0.882. The summed E-state index contributed by atoms with van der Waals surface area (Å²) in [5.41, 5.74) is -2.17. The van der Waals surface area contributed by atoms with E-state index in [1.165, 1.54) is 0 Å². The van der Waals surface area contributed by atoms with Crippen molar-refractivity contribution in [3.63, 3.8) is 0 Å². The molecule has 0 bridgehead atoms. The van der Waals surface area contributed by atoms with Crippen LogP contribution >= 0.6 is 0 Å². The van der Waals surface area contributed by atoms with Gasteiger partial charge in [0.25, 0.3) is 0 Å². The van der Waals surface area contributed by atoms with E-state index in [2.05, 4.69) is 0 Å².